The van der Waals surface area contributed by atoms with Gasteiger partial charge in [-0.05, 0) is 49.9 Å². The van der Waals surface area contributed by atoms with E-state index in [4.69, 9.17) is 4.74 Å². The van der Waals surface area contributed by atoms with Gasteiger partial charge in [0.1, 0.15) is 12.2 Å². The van der Waals surface area contributed by atoms with Gasteiger partial charge in [0.25, 0.3) is 0 Å². The molecule has 0 bridgehead atoms. The first-order valence-corrected chi connectivity index (χ1v) is 11.4. The average Bonchev–Trinajstić information content (AvgIpc) is 2.78. The van der Waals surface area contributed by atoms with Crippen LogP contribution in [0.2, 0.25) is 0 Å². The summed E-state index contributed by atoms with van der Waals surface area (Å²) in [6.07, 6.45) is 0.396. The molecule has 33 heavy (non-hydrogen) atoms. The minimum absolute atomic E-state index is 0.0644. The number of piperidine rings is 2. The largest absolute Gasteiger partial charge is 0.487 e. The number of aliphatic hydroxyl groups excluding tert-OH is 1. The Morgan fingerprint density at radius 1 is 1.03 bits per heavy atom. The molecule has 3 N–H and O–H groups in total. The lowest BCUT2D eigenvalue weighted by atomic mass is 9.86. The Balaban J connectivity index is 1.36. The zero-order valence-electron chi connectivity index (χ0n) is 18.9. The van der Waals surface area contributed by atoms with E-state index in [0.717, 1.165) is 19.2 Å². The van der Waals surface area contributed by atoms with E-state index in [0.29, 0.717) is 25.9 Å². The molecule has 0 spiro atoms. The Bertz CT molecular complexity index is 967. The maximum absolute atomic E-state index is 13.9. The van der Waals surface area contributed by atoms with E-state index in [2.05, 4.69) is 24.0 Å². The van der Waals surface area contributed by atoms with Crippen molar-refractivity contribution in [2.75, 3.05) is 44.2 Å². The molecule has 2 aliphatic rings. The van der Waals surface area contributed by atoms with Crippen LogP contribution in [0.3, 0.4) is 0 Å². The maximum Gasteiger partial charge on any atom is 0.200 e. The second-order valence-corrected chi connectivity index (χ2v) is 9.46. The average molecular weight is 463 g/mol. The molecule has 2 aromatic carbocycles. The zero-order valence-corrected chi connectivity index (χ0v) is 18.9. The third-order valence-corrected chi connectivity index (χ3v) is 6.90. The highest BCUT2D eigenvalue weighted by Crippen LogP contribution is 2.31. The molecule has 2 aromatic rings. The molecule has 0 aromatic heterocycles. The van der Waals surface area contributed by atoms with Crippen LogP contribution in [-0.2, 0) is 0 Å². The number of aliphatic hydroxyl groups is 3. The topological polar surface area (TPSA) is 76.4 Å². The van der Waals surface area contributed by atoms with Gasteiger partial charge in [-0.1, -0.05) is 24.3 Å². The molecule has 0 saturated carbocycles. The number of ether oxygens (including phenoxy) is 1. The van der Waals surface area contributed by atoms with Crippen molar-refractivity contribution in [2.24, 2.45) is 0 Å². The maximum atomic E-state index is 13.9. The lowest BCUT2D eigenvalue weighted by Gasteiger charge is -2.47. The molecule has 8 heteroatoms. The lowest BCUT2D eigenvalue weighted by Crippen LogP contribution is -2.62. The highest BCUT2D eigenvalue weighted by atomic mass is 19.2. The van der Waals surface area contributed by atoms with Crippen LogP contribution >= 0.6 is 0 Å². The van der Waals surface area contributed by atoms with Crippen molar-refractivity contribution in [3.05, 3.63) is 59.7 Å². The predicted molar refractivity (Wildman–Crippen MR) is 121 cm³/mol. The smallest absolute Gasteiger partial charge is 0.200 e. The van der Waals surface area contributed by atoms with Gasteiger partial charge < -0.3 is 25.0 Å². The minimum Gasteiger partial charge on any atom is -0.487 e. The molecule has 180 valence electrons. The fourth-order valence-electron chi connectivity index (χ4n) is 4.88. The van der Waals surface area contributed by atoms with E-state index in [1.165, 1.54) is 23.4 Å². The molecule has 2 saturated heterocycles. The number of benzene rings is 2. The van der Waals surface area contributed by atoms with Crippen LogP contribution in [0.25, 0.3) is 0 Å². The van der Waals surface area contributed by atoms with E-state index in [-0.39, 0.29) is 25.3 Å². The standard InChI is InChI=1S/C25H32F2N2O4/c1-18-5-2-3-7-20(18)29-13-10-24(31,11-14-29)15-28-12-9-22(30)25(32,16-28)17-33-21-8-4-6-19(26)23(21)27/h2-8,22,30-32H,9-17H2,1H3/t22-,25-/m0/s1. The highest BCUT2D eigenvalue weighted by Gasteiger charge is 2.44. The first-order valence-electron chi connectivity index (χ1n) is 11.4. The fourth-order valence-corrected chi connectivity index (χ4v) is 4.88. The summed E-state index contributed by atoms with van der Waals surface area (Å²) in [6.45, 7) is 4.08. The number of rotatable bonds is 6. The molecule has 2 heterocycles. The fraction of sp³-hybridized carbons (Fsp3) is 0.520. The third kappa shape index (κ3) is 5.30. The highest BCUT2D eigenvalue weighted by molar-refractivity contribution is 5.53. The number of hydrogen-bond donors (Lipinski definition) is 3. The van der Waals surface area contributed by atoms with Gasteiger partial charge in [-0.3, -0.25) is 4.90 Å². The van der Waals surface area contributed by atoms with Crippen molar-refractivity contribution in [2.45, 2.75) is 43.5 Å². The molecule has 2 fully saturated rings. The number of aryl methyl sites for hydroxylation is 1. The number of hydrogen-bond acceptors (Lipinski definition) is 6. The summed E-state index contributed by atoms with van der Waals surface area (Å²) >= 11 is 0. The van der Waals surface area contributed by atoms with Crippen LogP contribution in [-0.4, -0.2) is 76.9 Å². The Kier molecular flexibility index (Phi) is 6.91. The van der Waals surface area contributed by atoms with Crippen LogP contribution in [0.1, 0.15) is 24.8 Å². The number of β-amino-alcohol motifs (C(OH)–C–C–N with tert-alkyl or cyclic N) is 2. The van der Waals surface area contributed by atoms with Crippen molar-refractivity contribution < 1.29 is 28.8 Å². The first kappa shape index (κ1) is 23.9. The summed E-state index contributed by atoms with van der Waals surface area (Å²) in [5.74, 6) is -2.47. The summed E-state index contributed by atoms with van der Waals surface area (Å²) in [4.78, 5) is 4.20. The van der Waals surface area contributed by atoms with Gasteiger partial charge in [0.15, 0.2) is 11.6 Å². The first-order chi connectivity index (χ1) is 15.7. The molecule has 4 rings (SSSR count). The third-order valence-electron chi connectivity index (χ3n) is 6.90. The normalized spacial score (nSPS) is 25.8. The number of anilines is 1. The van der Waals surface area contributed by atoms with E-state index < -0.39 is 28.9 Å². The van der Waals surface area contributed by atoms with Gasteiger partial charge in [0.2, 0.25) is 5.82 Å². The van der Waals surface area contributed by atoms with Gasteiger partial charge in [-0.25, -0.2) is 4.39 Å². The summed E-state index contributed by atoms with van der Waals surface area (Å²) < 4.78 is 32.7. The zero-order chi connectivity index (χ0) is 23.6. The van der Waals surface area contributed by atoms with Crippen molar-refractivity contribution in [1.29, 1.82) is 0 Å². The van der Waals surface area contributed by atoms with E-state index in [1.54, 1.807) is 0 Å². The molecular weight excluding hydrogens is 430 g/mol. The van der Waals surface area contributed by atoms with Crippen molar-refractivity contribution >= 4 is 5.69 Å². The summed E-state index contributed by atoms with van der Waals surface area (Å²) in [5.41, 5.74) is -0.183. The van der Waals surface area contributed by atoms with Gasteiger partial charge >= 0.3 is 0 Å². The molecular formula is C25H32F2N2O4. The molecule has 0 unspecified atom stereocenters. The van der Waals surface area contributed by atoms with Crippen molar-refractivity contribution in [1.82, 2.24) is 4.90 Å². The molecule has 2 atom stereocenters. The Morgan fingerprint density at radius 3 is 2.48 bits per heavy atom. The van der Waals surface area contributed by atoms with Gasteiger partial charge in [0.05, 0.1) is 11.7 Å². The Hall–Kier alpha value is -2.26. The number of para-hydroxylation sites is 1. The van der Waals surface area contributed by atoms with Crippen LogP contribution in [0.5, 0.6) is 5.75 Å². The summed E-state index contributed by atoms with van der Waals surface area (Å²) in [5, 5.41) is 32.7. The van der Waals surface area contributed by atoms with Crippen LogP contribution in [0.15, 0.2) is 42.5 Å². The lowest BCUT2D eigenvalue weighted by molar-refractivity contribution is -0.149. The molecule has 0 radical (unpaired) electrons. The van der Waals surface area contributed by atoms with Crippen LogP contribution < -0.4 is 9.64 Å². The van der Waals surface area contributed by atoms with E-state index in [9.17, 15) is 24.1 Å². The van der Waals surface area contributed by atoms with Crippen molar-refractivity contribution in [3.8, 4) is 5.75 Å². The Labute approximate surface area is 193 Å². The second-order valence-electron chi connectivity index (χ2n) is 9.46. The van der Waals surface area contributed by atoms with E-state index >= 15 is 0 Å². The molecule has 0 amide bonds. The minimum atomic E-state index is -1.66. The predicted octanol–water partition coefficient (Wildman–Crippen LogP) is 2.48. The second kappa shape index (κ2) is 9.54. The van der Waals surface area contributed by atoms with Crippen LogP contribution in [0.4, 0.5) is 14.5 Å². The number of likely N-dealkylation sites (tertiary alicyclic amines) is 1. The van der Waals surface area contributed by atoms with E-state index in [1.807, 2.05) is 17.0 Å². The quantitative estimate of drug-likeness (QED) is 0.613. The monoisotopic (exact) mass is 462 g/mol. The van der Waals surface area contributed by atoms with Crippen molar-refractivity contribution in [3.63, 3.8) is 0 Å². The summed E-state index contributed by atoms with van der Waals surface area (Å²) in [7, 11) is 0. The molecule has 0 aliphatic carbocycles. The number of nitrogens with zero attached hydrogens (tertiary/aromatic N) is 2. The number of halogens is 2. The SMILES string of the molecule is Cc1ccccc1N1CCC(O)(CN2CC[C@H](O)[C@@](O)(COc3cccc(F)c3F)C2)CC1. The van der Waals surface area contributed by atoms with Gasteiger partial charge in [-0.2, -0.15) is 4.39 Å². The van der Waals surface area contributed by atoms with Crippen LogP contribution in [0, 0.1) is 18.6 Å². The van der Waals surface area contributed by atoms with Gasteiger partial charge in [0, 0.05) is 38.4 Å². The molecule has 6 nitrogen and oxygen atoms in total. The molecule has 2 aliphatic heterocycles. The summed E-state index contributed by atoms with van der Waals surface area (Å²) in [6, 6.07) is 11.8. The Morgan fingerprint density at radius 2 is 1.76 bits per heavy atom. The van der Waals surface area contributed by atoms with Gasteiger partial charge in [-0.15, -0.1) is 0 Å².